The number of hydrogen-bond donors (Lipinski definition) is 1. The van der Waals surface area contributed by atoms with Gasteiger partial charge < -0.3 is 14.7 Å². The molecule has 2 unspecified atom stereocenters. The van der Waals surface area contributed by atoms with E-state index in [0.717, 1.165) is 6.42 Å². The minimum atomic E-state index is -0.927. The maximum Gasteiger partial charge on any atom is 0.313 e. The van der Waals surface area contributed by atoms with Gasteiger partial charge in [0.2, 0.25) is 5.91 Å². The Bertz CT molecular complexity index is 356. The van der Waals surface area contributed by atoms with Crippen LogP contribution in [0.3, 0.4) is 0 Å². The number of nitrogens with zero attached hydrogens (tertiary/aromatic N) is 1. The minimum Gasteiger partial charge on any atom is -0.481 e. The van der Waals surface area contributed by atoms with Gasteiger partial charge in [-0.25, -0.2) is 0 Å². The van der Waals surface area contributed by atoms with Crippen molar-refractivity contribution in [3.05, 3.63) is 0 Å². The molecular weight excluding hydrogens is 258 g/mol. The molecule has 5 nitrogen and oxygen atoms in total. The van der Waals surface area contributed by atoms with Gasteiger partial charge in [0.15, 0.2) is 0 Å². The van der Waals surface area contributed by atoms with E-state index in [0.29, 0.717) is 31.2 Å². The van der Waals surface area contributed by atoms with Crippen LogP contribution < -0.4 is 0 Å². The minimum absolute atomic E-state index is 0.0739. The van der Waals surface area contributed by atoms with Crippen molar-refractivity contribution in [1.82, 2.24) is 4.90 Å². The Balaban J connectivity index is 2.66. The lowest BCUT2D eigenvalue weighted by Gasteiger charge is -2.25. The van der Waals surface area contributed by atoms with E-state index >= 15 is 0 Å². The zero-order chi connectivity index (χ0) is 15.3. The molecule has 0 aromatic heterocycles. The molecule has 0 saturated carbocycles. The van der Waals surface area contributed by atoms with Crippen molar-refractivity contribution < 1.29 is 19.4 Å². The third-order valence-electron chi connectivity index (χ3n) is 4.48. The van der Waals surface area contributed by atoms with E-state index in [1.165, 1.54) is 7.11 Å². The summed E-state index contributed by atoms with van der Waals surface area (Å²) in [4.78, 5) is 25.5. The van der Waals surface area contributed by atoms with Gasteiger partial charge in [0, 0.05) is 26.6 Å². The average molecular weight is 285 g/mol. The zero-order valence-electron chi connectivity index (χ0n) is 13.0. The molecule has 1 rings (SSSR count). The van der Waals surface area contributed by atoms with Crippen LogP contribution in [0.15, 0.2) is 0 Å². The fraction of sp³-hybridized carbons (Fsp3) is 0.867. The number of aliphatic carboxylic acids is 1. The van der Waals surface area contributed by atoms with Gasteiger partial charge in [-0.3, -0.25) is 9.59 Å². The van der Waals surface area contributed by atoms with Crippen molar-refractivity contribution in [2.24, 2.45) is 17.3 Å². The summed E-state index contributed by atoms with van der Waals surface area (Å²) >= 11 is 0. The van der Waals surface area contributed by atoms with E-state index < -0.39 is 11.4 Å². The molecule has 1 heterocycles. The van der Waals surface area contributed by atoms with E-state index in [4.69, 9.17) is 4.74 Å². The highest BCUT2D eigenvalue weighted by Gasteiger charge is 2.46. The van der Waals surface area contributed by atoms with Crippen LogP contribution in [-0.2, 0) is 14.3 Å². The van der Waals surface area contributed by atoms with E-state index in [1.807, 2.05) is 0 Å². The predicted octanol–water partition coefficient (Wildman–Crippen LogP) is 2.01. The van der Waals surface area contributed by atoms with E-state index in [9.17, 15) is 14.7 Å². The van der Waals surface area contributed by atoms with Crippen molar-refractivity contribution >= 4 is 11.9 Å². The van der Waals surface area contributed by atoms with Gasteiger partial charge >= 0.3 is 5.97 Å². The SMILES string of the molecule is CCC(CC(=O)N1CCC(COC)(C(=O)O)C1)C(C)C. The van der Waals surface area contributed by atoms with Gasteiger partial charge in [0.25, 0.3) is 0 Å². The van der Waals surface area contributed by atoms with Gasteiger partial charge in [-0.05, 0) is 18.3 Å². The molecule has 1 aliphatic rings. The van der Waals surface area contributed by atoms with Crippen LogP contribution in [0.25, 0.3) is 0 Å². The number of likely N-dealkylation sites (tertiary alicyclic amines) is 1. The van der Waals surface area contributed by atoms with Crippen LogP contribution in [0.4, 0.5) is 0 Å². The fourth-order valence-electron chi connectivity index (χ4n) is 2.92. The summed E-state index contributed by atoms with van der Waals surface area (Å²) < 4.78 is 5.04. The first-order valence-electron chi connectivity index (χ1n) is 7.36. The maximum atomic E-state index is 12.3. The number of carboxylic acid groups (broad SMARTS) is 1. The van der Waals surface area contributed by atoms with Crippen molar-refractivity contribution in [2.45, 2.75) is 40.0 Å². The Kier molecular flexibility index (Phi) is 5.99. The monoisotopic (exact) mass is 285 g/mol. The highest BCUT2D eigenvalue weighted by Crippen LogP contribution is 2.32. The summed E-state index contributed by atoms with van der Waals surface area (Å²) in [5.74, 6) is 0.0369. The standard InChI is InChI=1S/C15H27NO4/c1-5-12(11(2)3)8-13(17)16-7-6-15(9-16,10-20-4)14(18)19/h11-12H,5-10H2,1-4H3,(H,18,19). The van der Waals surface area contributed by atoms with Crippen LogP contribution in [0.1, 0.15) is 40.0 Å². The lowest BCUT2D eigenvalue weighted by molar-refractivity contribution is -0.151. The molecular formula is C15H27NO4. The smallest absolute Gasteiger partial charge is 0.313 e. The number of carbonyl (C=O) groups excluding carboxylic acids is 1. The number of methoxy groups -OCH3 is 1. The summed E-state index contributed by atoms with van der Waals surface area (Å²) in [7, 11) is 1.50. The van der Waals surface area contributed by atoms with Gasteiger partial charge in [-0.2, -0.15) is 0 Å². The lowest BCUT2D eigenvalue weighted by atomic mass is 9.88. The van der Waals surface area contributed by atoms with Crippen LogP contribution in [0.2, 0.25) is 0 Å². The first-order valence-corrected chi connectivity index (χ1v) is 7.36. The zero-order valence-corrected chi connectivity index (χ0v) is 13.0. The Morgan fingerprint density at radius 3 is 2.50 bits per heavy atom. The average Bonchev–Trinajstić information content (AvgIpc) is 2.81. The molecule has 0 aliphatic carbocycles. The first kappa shape index (κ1) is 17.0. The third kappa shape index (κ3) is 3.72. The first-order chi connectivity index (χ1) is 9.36. The Labute approximate surface area is 121 Å². The van der Waals surface area contributed by atoms with Crippen molar-refractivity contribution in [3.63, 3.8) is 0 Å². The lowest BCUT2D eigenvalue weighted by Crippen LogP contribution is -2.40. The largest absolute Gasteiger partial charge is 0.481 e. The number of hydrogen-bond acceptors (Lipinski definition) is 3. The molecule has 20 heavy (non-hydrogen) atoms. The third-order valence-corrected chi connectivity index (χ3v) is 4.48. The molecule has 0 spiro atoms. The second-order valence-corrected chi connectivity index (χ2v) is 6.20. The molecule has 1 saturated heterocycles. The fourth-order valence-corrected chi connectivity index (χ4v) is 2.92. The summed E-state index contributed by atoms with van der Waals surface area (Å²) in [6, 6.07) is 0. The molecule has 5 heteroatoms. The predicted molar refractivity (Wildman–Crippen MR) is 76.4 cm³/mol. The Hall–Kier alpha value is -1.10. The molecule has 2 atom stereocenters. The van der Waals surface area contributed by atoms with Crippen molar-refractivity contribution in [2.75, 3.05) is 26.8 Å². The maximum absolute atomic E-state index is 12.3. The van der Waals surface area contributed by atoms with Crippen LogP contribution in [0.5, 0.6) is 0 Å². The number of carboxylic acids is 1. The van der Waals surface area contributed by atoms with Crippen LogP contribution in [-0.4, -0.2) is 48.7 Å². The molecule has 0 bridgehead atoms. The summed E-state index contributed by atoms with van der Waals surface area (Å²) in [6.07, 6.45) is 1.95. The quantitative estimate of drug-likeness (QED) is 0.777. The van der Waals surface area contributed by atoms with Gasteiger partial charge in [-0.1, -0.05) is 27.2 Å². The molecule has 116 valence electrons. The molecule has 0 aromatic carbocycles. The van der Waals surface area contributed by atoms with Crippen molar-refractivity contribution in [1.29, 1.82) is 0 Å². The van der Waals surface area contributed by atoms with Gasteiger partial charge in [0.05, 0.1) is 6.61 Å². The van der Waals surface area contributed by atoms with E-state index in [-0.39, 0.29) is 19.1 Å². The summed E-state index contributed by atoms with van der Waals surface area (Å²) in [5, 5.41) is 9.39. The molecule has 1 N–H and O–H groups in total. The van der Waals surface area contributed by atoms with Gasteiger partial charge in [0.1, 0.15) is 5.41 Å². The highest BCUT2D eigenvalue weighted by molar-refractivity contribution is 5.81. The normalized spacial score (nSPS) is 24.1. The molecule has 0 radical (unpaired) electrons. The number of rotatable bonds is 7. The van der Waals surface area contributed by atoms with E-state index in [2.05, 4.69) is 20.8 Å². The van der Waals surface area contributed by atoms with Gasteiger partial charge in [-0.15, -0.1) is 0 Å². The van der Waals surface area contributed by atoms with E-state index in [1.54, 1.807) is 4.90 Å². The number of carbonyl (C=O) groups is 2. The second-order valence-electron chi connectivity index (χ2n) is 6.20. The number of ether oxygens (including phenoxy) is 1. The summed E-state index contributed by atoms with van der Waals surface area (Å²) in [5.41, 5.74) is -0.927. The molecule has 1 aliphatic heterocycles. The molecule has 1 amide bonds. The van der Waals surface area contributed by atoms with Crippen LogP contribution >= 0.6 is 0 Å². The molecule has 0 aromatic rings. The van der Waals surface area contributed by atoms with Crippen LogP contribution in [0, 0.1) is 17.3 Å². The Morgan fingerprint density at radius 2 is 2.05 bits per heavy atom. The summed E-state index contributed by atoms with van der Waals surface area (Å²) in [6.45, 7) is 7.28. The molecule has 1 fully saturated rings. The Morgan fingerprint density at radius 1 is 1.40 bits per heavy atom. The second kappa shape index (κ2) is 7.07. The van der Waals surface area contributed by atoms with Crippen molar-refractivity contribution in [3.8, 4) is 0 Å². The number of amides is 1. The topological polar surface area (TPSA) is 66.8 Å². The highest BCUT2D eigenvalue weighted by atomic mass is 16.5.